The van der Waals surface area contributed by atoms with Gasteiger partial charge in [0, 0.05) is 27.1 Å². The molecule has 1 atom stereocenters. The van der Waals surface area contributed by atoms with E-state index in [0.29, 0.717) is 29.1 Å². The molecule has 0 bridgehead atoms. The molecule has 5 rings (SSSR count). The van der Waals surface area contributed by atoms with Crippen molar-refractivity contribution in [2.24, 2.45) is 5.73 Å². The van der Waals surface area contributed by atoms with Crippen molar-refractivity contribution in [3.63, 3.8) is 0 Å². The highest BCUT2D eigenvalue weighted by atomic mass is 79.9. The van der Waals surface area contributed by atoms with Crippen LogP contribution in [0.2, 0.25) is 0 Å². The van der Waals surface area contributed by atoms with Crippen LogP contribution in [-0.4, -0.2) is 12.6 Å². The molecular formula is C31H27BrN2O5. The Morgan fingerprint density at radius 2 is 1.95 bits per heavy atom. The number of fused-ring (bicyclic) bond motifs is 2. The first-order chi connectivity index (χ1) is 18.9. The summed E-state index contributed by atoms with van der Waals surface area (Å²) in [7, 11) is 0. The van der Waals surface area contributed by atoms with Crippen LogP contribution < -0.4 is 19.9 Å². The van der Waals surface area contributed by atoms with Crippen molar-refractivity contribution in [3.05, 3.63) is 99.0 Å². The molecule has 0 saturated heterocycles. The molecule has 0 aliphatic carbocycles. The quantitative estimate of drug-likeness (QED) is 0.129. The van der Waals surface area contributed by atoms with Gasteiger partial charge in [0.05, 0.1) is 12.5 Å². The average Bonchev–Trinajstić information content (AvgIpc) is 3.26. The maximum Gasteiger partial charge on any atom is 0.379 e. The number of unbranched alkanes of at least 4 members (excludes halogenated alkanes) is 2. The zero-order valence-electron chi connectivity index (χ0n) is 21.6. The Labute approximate surface area is 234 Å². The summed E-state index contributed by atoms with van der Waals surface area (Å²) in [6, 6.07) is 20.4. The average molecular weight is 587 g/mol. The van der Waals surface area contributed by atoms with Gasteiger partial charge in [-0.15, -0.1) is 0 Å². The summed E-state index contributed by atoms with van der Waals surface area (Å²) in [6.45, 7) is 4.59. The van der Waals surface area contributed by atoms with Gasteiger partial charge in [-0.2, -0.15) is 5.26 Å². The standard InChI is InChI=1S/C31H27BrN2O5/c1-3-4-5-13-36-21-8-6-7-19(14-21)28-23-11-10-22(16-27(23)39-30(34)25(28)17-33)37-31(35)29-18(2)24-15-20(32)9-12-26(24)38-29/h6-12,14-16,28H,3-5,13,34H2,1-2H3. The molecule has 1 unspecified atom stereocenters. The third-order valence-corrected chi connectivity index (χ3v) is 7.19. The third kappa shape index (κ3) is 5.36. The van der Waals surface area contributed by atoms with Crippen molar-refractivity contribution in [2.45, 2.75) is 39.0 Å². The topological polar surface area (TPSA) is 108 Å². The number of allylic oxidation sites excluding steroid dienone is 1. The zero-order chi connectivity index (χ0) is 27.5. The molecule has 3 aromatic carbocycles. The second kappa shape index (κ2) is 11.3. The molecular weight excluding hydrogens is 560 g/mol. The van der Waals surface area contributed by atoms with E-state index >= 15 is 0 Å². The van der Waals surface area contributed by atoms with Crippen LogP contribution in [0.5, 0.6) is 17.2 Å². The second-order valence-corrected chi connectivity index (χ2v) is 10.3. The third-order valence-electron chi connectivity index (χ3n) is 6.69. The Kier molecular flexibility index (Phi) is 7.62. The molecule has 0 fully saturated rings. The van der Waals surface area contributed by atoms with E-state index in [-0.39, 0.29) is 17.4 Å². The minimum absolute atomic E-state index is 0.00597. The highest BCUT2D eigenvalue weighted by Gasteiger charge is 2.31. The highest BCUT2D eigenvalue weighted by Crippen LogP contribution is 2.44. The van der Waals surface area contributed by atoms with Crippen LogP contribution in [0.25, 0.3) is 11.0 Å². The highest BCUT2D eigenvalue weighted by molar-refractivity contribution is 9.10. The maximum atomic E-state index is 13.0. The molecule has 0 spiro atoms. The lowest BCUT2D eigenvalue weighted by Gasteiger charge is -2.27. The van der Waals surface area contributed by atoms with Gasteiger partial charge in [-0.05, 0) is 55.3 Å². The molecule has 1 aliphatic heterocycles. The molecule has 2 heterocycles. The van der Waals surface area contributed by atoms with Gasteiger partial charge in [-0.3, -0.25) is 0 Å². The maximum absolute atomic E-state index is 13.0. The van der Waals surface area contributed by atoms with Gasteiger partial charge in [0.1, 0.15) is 34.5 Å². The number of aryl methyl sites for hydroxylation is 1. The van der Waals surface area contributed by atoms with Crippen molar-refractivity contribution >= 4 is 32.9 Å². The molecule has 8 heteroatoms. The number of hydrogen-bond donors (Lipinski definition) is 1. The molecule has 1 aromatic heterocycles. The SMILES string of the molecule is CCCCCOc1cccc(C2C(C#N)=C(N)Oc3cc(OC(=O)c4oc5ccc(Br)cc5c4C)ccc32)c1. The van der Waals surface area contributed by atoms with E-state index in [1.54, 1.807) is 24.3 Å². The molecule has 2 N–H and O–H groups in total. The van der Waals surface area contributed by atoms with Crippen LogP contribution in [0, 0.1) is 18.3 Å². The number of rotatable bonds is 8. The van der Waals surface area contributed by atoms with Crippen LogP contribution in [0.15, 0.2) is 81.0 Å². The first-order valence-electron chi connectivity index (χ1n) is 12.7. The van der Waals surface area contributed by atoms with Crippen molar-refractivity contribution in [1.29, 1.82) is 5.26 Å². The van der Waals surface area contributed by atoms with Gasteiger partial charge in [-0.1, -0.05) is 53.9 Å². The second-order valence-electron chi connectivity index (χ2n) is 9.34. The van der Waals surface area contributed by atoms with E-state index in [1.165, 1.54) is 0 Å². The molecule has 1 aliphatic rings. The number of carbonyl (C=O) groups excluding carboxylic acids is 1. The first kappa shape index (κ1) is 26.4. The Morgan fingerprint density at radius 1 is 1.10 bits per heavy atom. The lowest BCUT2D eigenvalue weighted by molar-refractivity contribution is 0.0702. The van der Waals surface area contributed by atoms with Gasteiger partial charge >= 0.3 is 5.97 Å². The fraction of sp³-hybridized carbons (Fsp3) is 0.226. The summed E-state index contributed by atoms with van der Waals surface area (Å²) < 4.78 is 24.1. The predicted octanol–water partition coefficient (Wildman–Crippen LogP) is 7.51. The van der Waals surface area contributed by atoms with E-state index in [0.717, 1.165) is 46.0 Å². The Balaban J connectivity index is 1.43. The van der Waals surface area contributed by atoms with E-state index in [9.17, 15) is 10.1 Å². The van der Waals surface area contributed by atoms with E-state index in [2.05, 4.69) is 28.9 Å². The number of ether oxygens (including phenoxy) is 3. The molecule has 0 saturated carbocycles. The molecule has 0 radical (unpaired) electrons. The number of hydrogen-bond acceptors (Lipinski definition) is 7. The number of esters is 1. The summed E-state index contributed by atoms with van der Waals surface area (Å²) >= 11 is 3.45. The Bertz CT molecular complexity index is 1630. The molecule has 7 nitrogen and oxygen atoms in total. The van der Waals surface area contributed by atoms with Gasteiger partial charge in [0.2, 0.25) is 11.6 Å². The number of carbonyl (C=O) groups is 1. The van der Waals surface area contributed by atoms with Crippen molar-refractivity contribution in [1.82, 2.24) is 0 Å². The van der Waals surface area contributed by atoms with Gasteiger partial charge < -0.3 is 24.4 Å². The van der Waals surface area contributed by atoms with Crippen molar-refractivity contribution in [2.75, 3.05) is 6.61 Å². The largest absolute Gasteiger partial charge is 0.494 e. The lowest BCUT2D eigenvalue weighted by atomic mass is 9.83. The predicted molar refractivity (Wildman–Crippen MR) is 151 cm³/mol. The van der Waals surface area contributed by atoms with E-state index in [4.69, 9.17) is 24.4 Å². The van der Waals surface area contributed by atoms with Crippen molar-refractivity contribution < 1.29 is 23.4 Å². The van der Waals surface area contributed by atoms with Crippen LogP contribution in [0.3, 0.4) is 0 Å². The monoisotopic (exact) mass is 586 g/mol. The van der Waals surface area contributed by atoms with Crippen LogP contribution >= 0.6 is 15.9 Å². The normalized spacial score (nSPS) is 14.5. The van der Waals surface area contributed by atoms with Crippen molar-refractivity contribution in [3.8, 4) is 23.3 Å². The number of nitriles is 1. The summed E-state index contributed by atoms with van der Waals surface area (Å²) in [4.78, 5) is 13.0. The van der Waals surface area contributed by atoms with Gasteiger partial charge in [-0.25, -0.2) is 4.79 Å². The van der Waals surface area contributed by atoms with E-state index < -0.39 is 11.9 Å². The smallest absolute Gasteiger partial charge is 0.379 e. The fourth-order valence-electron chi connectivity index (χ4n) is 4.71. The van der Waals surface area contributed by atoms with E-state index in [1.807, 2.05) is 43.3 Å². The van der Waals surface area contributed by atoms with Crippen LogP contribution in [0.4, 0.5) is 0 Å². The number of halogens is 1. The number of benzene rings is 3. The number of furan rings is 1. The summed E-state index contributed by atoms with van der Waals surface area (Å²) in [5.41, 5.74) is 9.34. The lowest BCUT2D eigenvalue weighted by Crippen LogP contribution is -2.21. The minimum atomic E-state index is -0.624. The zero-order valence-corrected chi connectivity index (χ0v) is 23.2. The first-order valence-corrected chi connectivity index (χ1v) is 13.5. The summed E-state index contributed by atoms with van der Waals surface area (Å²) in [5, 5.41) is 10.7. The fourth-order valence-corrected chi connectivity index (χ4v) is 5.07. The molecule has 4 aromatic rings. The Morgan fingerprint density at radius 3 is 2.74 bits per heavy atom. The van der Waals surface area contributed by atoms with Gasteiger partial charge in [0.15, 0.2) is 0 Å². The molecule has 0 amide bonds. The Hall–Kier alpha value is -4.22. The summed E-state index contributed by atoms with van der Waals surface area (Å²) in [5.74, 6) is 0.445. The van der Waals surface area contributed by atoms with Crippen LogP contribution in [-0.2, 0) is 0 Å². The summed E-state index contributed by atoms with van der Waals surface area (Å²) in [6.07, 6.45) is 3.19. The number of nitrogens with two attached hydrogens (primary N) is 1. The molecule has 39 heavy (non-hydrogen) atoms. The minimum Gasteiger partial charge on any atom is -0.494 e. The van der Waals surface area contributed by atoms with Crippen LogP contribution in [0.1, 0.15) is 59.3 Å². The number of nitrogens with zero attached hydrogens (tertiary/aromatic N) is 1. The van der Waals surface area contributed by atoms with Gasteiger partial charge in [0.25, 0.3) is 0 Å². The molecule has 198 valence electrons.